The Labute approximate surface area is 129 Å². The van der Waals surface area contributed by atoms with Crippen LogP contribution in [0.4, 0.5) is 0 Å². The van der Waals surface area contributed by atoms with E-state index >= 15 is 0 Å². The van der Waals surface area contributed by atoms with Gasteiger partial charge in [0.05, 0.1) is 6.04 Å². The van der Waals surface area contributed by atoms with Gasteiger partial charge in [0.15, 0.2) is 6.10 Å². The molecule has 5 nitrogen and oxygen atoms in total. The SMILES string of the molecule is CC(C)NC(=O)[C@H]1OCC(=O)N(C)[C@@H]1c1ccc(Cl)cc1. The van der Waals surface area contributed by atoms with E-state index in [1.807, 2.05) is 13.8 Å². The minimum atomic E-state index is -0.726. The highest BCUT2D eigenvalue weighted by atomic mass is 35.5. The van der Waals surface area contributed by atoms with Gasteiger partial charge in [-0.25, -0.2) is 0 Å². The Kier molecular flexibility index (Phi) is 4.85. The number of hydrogen-bond donors (Lipinski definition) is 1. The summed E-state index contributed by atoms with van der Waals surface area (Å²) in [5, 5.41) is 3.44. The van der Waals surface area contributed by atoms with Crippen LogP contribution in [0.1, 0.15) is 25.5 Å². The van der Waals surface area contributed by atoms with E-state index < -0.39 is 12.1 Å². The molecule has 0 radical (unpaired) electrons. The molecule has 1 aromatic carbocycles. The van der Waals surface area contributed by atoms with Gasteiger partial charge in [-0.05, 0) is 31.5 Å². The van der Waals surface area contributed by atoms with Crippen LogP contribution in [-0.4, -0.2) is 42.5 Å². The maximum Gasteiger partial charge on any atom is 0.251 e. The topological polar surface area (TPSA) is 58.6 Å². The second-order valence-corrected chi connectivity index (χ2v) is 5.83. The summed E-state index contributed by atoms with van der Waals surface area (Å²) >= 11 is 5.89. The van der Waals surface area contributed by atoms with Crippen molar-refractivity contribution in [3.05, 3.63) is 34.9 Å². The van der Waals surface area contributed by atoms with Crippen LogP contribution in [0.2, 0.25) is 5.02 Å². The van der Waals surface area contributed by atoms with Gasteiger partial charge >= 0.3 is 0 Å². The van der Waals surface area contributed by atoms with E-state index in [0.717, 1.165) is 5.56 Å². The van der Waals surface area contributed by atoms with Crippen LogP contribution in [0.25, 0.3) is 0 Å². The molecular formula is C15H19ClN2O3. The summed E-state index contributed by atoms with van der Waals surface area (Å²) in [7, 11) is 1.68. The van der Waals surface area contributed by atoms with Gasteiger partial charge in [-0.2, -0.15) is 0 Å². The number of hydrogen-bond acceptors (Lipinski definition) is 3. The van der Waals surface area contributed by atoms with Crippen LogP contribution in [0, 0.1) is 0 Å². The summed E-state index contributed by atoms with van der Waals surface area (Å²) in [6.07, 6.45) is -0.726. The van der Waals surface area contributed by atoms with Crippen molar-refractivity contribution < 1.29 is 14.3 Å². The first-order chi connectivity index (χ1) is 9.90. The highest BCUT2D eigenvalue weighted by molar-refractivity contribution is 6.30. The number of nitrogens with zero attached hydrogens (tertiary/aromatic N) is 1. The summed E-state index contributed by atoms with van der Waals surface area (Å²) in [6, 6.07) is 6.64. The maximum absolute atomic E-state index is 12.3. The number of benzene rings is 1. The predicted molar refractivity (Wildman–Crippen MR) is 80.0 cm³/mol. The van der Waals surface area contributed by atoms with Crippen LogP contribution in [0.3, 0.4) is 0 Å². The molecule has 1 saturated heterocycles. The first-order valence-corrected chi connectivity index (χ1v) is 7.21. The van der Waals surface area contributed by atoms with E-state index in [1.54, 1.807) is 36.2 Å². The van der Waals surface area contributed by atoms with Crippen LogP contribution < -0.4 is 5.32 Å². The lowest BCUT2D eigenvalue weighted by molar-refractivity contribution is -0.162. The minimum absolute atomic E-state index is 0.00917. The average Bonchev–Trinajstić information content (AvgIpc) is 2.42. The molecule has 6 heteroatoms. The summed E-state index contributed by atoms with van der Waals surface area (Å²) in [5.41, 5.74) is 0.818. The molecule has 0 saturated carbocycles. The van der Waals surface area contributed by atoms with Crippen molar-refractivity contribution in [1.29, 1.82) is 0 Å². The number of carbonyl (C=O) groups excluding carboxylic acids is 2. The summed E-state index contributed by atoms with van der Waals surface area (Å²) < 4.78 is 5.48. The number of amides is 2. The molecular weight excluding hydrogens is 292 g/mol. The molecule has 0 aromatic heterocycles. The monoisotopic (exact) mass is 310 g/mol. The highest BCUT2D eigenvalue weighted by Gasteiger charge is 2.40. The second-order valence-electron chi connectivity index (χ2n) is 5.40. The number of morpholine rings is 1. The second kappa shape index (κ2) is 6.45. The molecule has 1 aliphatic rings. The number of carbonyl (C=O) groups is 2. The van der Waals surface area contributed by atoms with Crippen molar-refractivity contribution in [3.8, 4) is 0 Å². The van der Waals surface area contributed by atoms with Gasteiger partial charge in [0.25, 0.3) is 5.91 Å². The average molecular weight is 311 g/mol. The van der Waals surface area contributed by atoms with Crippen molar-refractivity contribution in [2.75, 3.05) is 13.7 Å². The molecule has 2 atom stereocenters. The third-order valence-corrected chi connectivity index (χ3v) is 3.64. The van der Waals surface area contributed by atoms with Crippen molar-refractivity contribution in [2.45, 2.75) is 32.0 Å². The molecule has 0 aliphatic carbocycles. The maximum atomic E-state index is 12.3. The summed E-state index contributed by atoms with van der Waals surface area (Å²) in [4.78, 5) is 25.7. The van der Waals surface area contributed by atoms with Gasteiger partial charge < -0.3 is 15.0 Å². The van der Waals surface area contributed by atoms with Gasteiger partial charge in [-0.3, -0.25) is 9.59 Å². The van der Waals surface area contributed by atoms with E-state index in [0.29, 0.717) is 5.02 Å². The number of ether oxygens (including phenoxy) is 1. The summed E-state index contributed by atoms with van der Waals surface area (Å²) in [5.74, 6) is -0.368. The van der Waals surface area contributed by atoms with E-state index in [4.69, 9.17) is 16.3 Å². The number of rotatable bonds is 3. The van der Waals surface area contributed by atoms with E-state index in [9.17, 15) is 9.59 Å². The molecule has 1 fully saturated rings. The quantitative estimate of drug-likeness (QED) is 0.925. The number of nitrogens with one attached hydrogen (secondary N) is 1. The molecule has 1 aliphatic heterocycles. The molecule has 1 N–H and O–H groups in total. The molecule has 21 heavy (non-hydrogen) atoms. The largest absolute Gasteiger partial charge is 0.356 e. The Bertz CT molecular complexity index is 530. The Morgan fingerprint density at radius 2 is 2.00 bits per heavy atom. The number of likely N-dealkylation sites (N-methyl/N-ethyl adjacent to an activating group) is 1. The minimum Gasteiger partial charge on any atom is -0.356 e. The normalized spacial score (nSPS) is 22.5. The molecule has 0 bridgehead atoms. The van der Waals surface area contributed by atoms with E-state index in [-0.39, 0.29) is 24.5 Å². The van der Waals surface area contributed by atoms with Crippen molar-refractivity contribution in [1.82, 2.24) is 10.2 Å². The van der Waals surface area contributed by atoms with Crippen LogP contribution in [-0.2, 0) is 14.3 Å². The fraction of sp³-hybridized carbons (Fsp3) is 0.467. The third-order valence-electron chi connectivity index (χ3n) is 3.38. The van der Waals surface area contributed by atoms with E-state index in [2.05, 4.69) is 5.32 Å². The summed E-state index contributed by atoms with van der Waals surface area (Å²) in [6.45, 7) is 3.68. The molecule has 1 heterocycles. The zero-order chi connectivity index (χ0) is 15.6. The molecule has 114 valence electrons. The third kappa shape index (κ3) is 3.54. The van der Waals surface area contributed by atoms with Gasteiger partial charge in [0, 0.05) is 18.1 Å². The highest BCUT2D eigenvalue weighted by Crippen LogP contribution is 2.30. The standard InChI is InChI=1S/C15H19ClN2O3/c1-9(2)17-15(20)14-13(18(3)12(19)8-21-14)10-4-6-11(16)7-5-10/h4-7,9,13-14H,8H2,1-3H3,(H,17,20)/t13-,14+/m1/s1. The molecule has 1 aromatic rings. The number of halogens is 1. The van der Waals surface area contributed by atoms with Gasteiger partial charge in [-0.1, -0.05) is 23.7 Å². The lowest BCUT2D eigenvalue weighted by atomic mass is 9.97. The van der Waals surface area contributed by atoms with E-state index in [1.165, 1.54) is 0 Å². The van der Waals surface area contributed by atoms with Gasteiger partial charge in [0.1, 0.15) is 6.61 Å². The van der Waals surface area contributed by atoms with Crippen LogP contribution >= 0.6 is 11.6 Å². The fourth-order valence-corrected chi connectivity index (χ4v) is 2.48. The van der Waals surface area contributed by atoms with Crippen molar-refractivity contribution >= 4 is 23.4 Å². The molecule has 2 rings (SSSR count). The van der Waals surface area contributed by atoms with Crippen LogP contribution in [0.5, 0.6) is 0 Å². The van der Waals surface area contributed by atoms with Gasteiger partial charge in [-0.15, -0.1) is 0 Å². The Morgan fingerprint density at radius 1 is 1.38 bits per heavy atom. The Morgan fingerprint density at radius 3 is 2.57 bits per heavy atom. The first kappa shape index (κ1) is 15.8. The zero-order valence-corrected chi connectivity index (χ0v) is 13.1. The fourth-order valence-electron chi connectivity index (χ4n) is 2.36. The van der Waals surface area contributed by atoms with Gasteiger partial charge in [0.2, 0.25) is 5.91 Å². The van der Waals surface area contributed by atoms with Crippen molar-refractivity contribution in [2.24, 2.45) is 0 Å². The molecule has 0 unspecified atom stereocenters. The lowest BCUT2D eigenvalue weighted by Crippen LogP contribution is -2.53. The predicted octanol–water partition coefficient (Wildman–Crippen LogP) is 1.76. The smallest absolute Gasteiger partial charge is 0.251 e. The Balaban J connectivity index is 2.31. The first-order valence-electron chi connectivity index (χ1n) is 6.83. The Hall–Kier alpha value is -1.59. The molecule has 2 amide bonds. The zero-order valence-electron chi connectivity index (χ0n) is 12.3. The molecule has 0 spiro atoms. The van der Waals surface area contributed by atoms with Crippen molar-refractivity contribution in [3.63, 3.8) is 0 Å². The lowest BCUT2D eigenvalue weighted by Gasteiger charge is -2.38. The van der Waals surface area contributed by atoms with Crippen LogP contribution in [0.15, 0.2) is 24.3 Å².